The molecule has 0 aromatic heterocycles. The number of benzene rings is 1. The van der Waals surface area contributed by atoms with Crippen LogP contribution in [0.3, 0.4) is 0 Å². The Labute approximate surface area is 130 Å². The van der Waals surface area contributed by atoms with E-state index in [1.165, 1.54) is 6.21 Å². The minimum atomic E-state index is -0.808. The molecule has 0 radical (unpaired) electrons. The molecule has 0 aliphatic heterocycles. The lowest BCUT2D eigenvalue weighted by atomic mass is 10.1. The summed E-state index contributed by atoms with van der Waals surface area (Å²) in [6, 6.07) is 7.12. The van der Waals surface area contributed by atoms with Gasteiger partial charge in [-0.1, -0.05) is 12.7 Å². The van der Waals surface area contributed by atoms with Crippen LogP contribution >= 0.6 is 0 Å². The highest BCUT2D eigenvalue weighted by Crippen LogP contribution is 2.10. The van der Waals surface area contributed by atoms with Crippen LogP contribution in [-0.2, 0) is 9.59 Å². The van der Waals surface area contributed by atoms with E-state index < -0.39 is 17.4 Å². The first-order chi connectivity index (χ1) is 10.3. The lowest BCUT2D eigenvalue weighted by Gasteiger charge is -2.19. The summed E-state index contributed by atoms with van der Waals surface area (Å²) in [5.74, 6) is -0.819. The molecule has 0 spiro atoms. The van der Waals surface area contributed by atoms with Crippen molar-refractivity contribution >= 4 is 18.0 Å². The van der Waals surface area contributed by atoms with Crippen LogP contribution in [0, 0.1) is 0 Å². The van der Waals surface area contributed by atoms with Gasteiger partial charge in [0.05, 0.1) is 6.21 Å². The number of carbonyl (C=O) groups is 2. The first kappa shape index (κ1) is 17.4. The molecule has 0 saturated heterocycles. The van der Waals surface area contributed by atoms with E-state index in [2.05, 4.69) is 22.4 Å². The minimum Gasteiger partial charge on any atom is -0.490 e. The third-order valence-corrected chi connectivity index (χ3v) is 2.32. The second kappa shape index (κ2) is 7.97. The van der Waals surface area contributed by atoms with Gasteiger partial charge in [0.1, 0.15) is 12.4 Å². The molecule has 0 unspecified atom stereocenters. The topological polar surface area (TPSA) is 79.8 Å². The number of carbonyl (C=O) groups excluding carboxylic acids is 2. The van der Waals surface area contributed by atoms with Gasteiger partial charge in [0.15, 0.2) is 0 Å². The van der Waals surface area contributed by atoms with E-state index in [1.54, 1.807) is 51.1 Å². The molecule has 0 fully saturated rings. The van der Waals surface area contributed by atoms with Gasteiger partial charge in [-0.15, -0.1) is 0 Å². The highest BCUT2D eigenvalue weighted by Gasteiger charge is 2.19. The summed E-state index contributed by atoms with van der Waals surface area (Å²) in [7, 11) is 0. The zero-order valence-corrected chi connectivity index (χ0v) is 13.1. The van der Waals surface area contributed by atoms with Crippen LogP contribution in [0.25, 0.3) is 0 Å². The zero-order chi connectivity index (χ0) is 16.6. The smallest absolute Gasteiger partial charge is 0.329 e. The summed E-state index contributed by atoms with van der Waals surface area (Å²) in [5, 5.41) is 6.29. The molecule has 0 heterocycles. The van der Waals surface area contributed by atoms with Crippen LogP contribution in [0.4, 0.5) is 0 Å². The Kier molecular flexibility index (Phi) is 6.31. The molecule has 0 saturated carbocycles. The normalized spacial score (nSPS) is 11.0. The van der Waals surface area contributed by atoms with E-state index >= 15 is 0 Å². The molecular formula is C16H21N3O3. The number of amides is 2. The molecule has 6 heteroatoms. The fourth-order valence-corrected chi connectivity index (χ4v) is 1.42. The summed E-state index contributed by atoms with van der Waals surface area (Å²) in [4.78, 5) is 23.0. The van der Waals surface area contributed by atoms with E-state index in [-0.39, 0.29) is 0 Å². The third-order valence-electron chi connectivity index (χ3n) is 2.32. The number of hydrogen-bond acceptors (Lipinski definition) is 4. The maximum atomic E-state index is 11.5. The Morgan fingerprint density at radius 3 is 2.41 bits per heavy atom. The Balaban J connectivity index is 2.49. The van der Waals surface area contributed by atoms with Gasteiger partial charge in [0.25, 0.3) is 0 Å². The summed E-state index contributed by atoms with van der Waals surface area (Å²) in [6.45, 7) is 9.37. The molecule has 0 bridgehead atoms. The summed E-state index contributed by atoms with van der Waals surface area (Å²) >= 11 is 0. The predicted octanol–water partition coefficient (Wildman–Crippen LogP) is 1.62. The highest BCUT2D eigenvalue weighted by atomic mass is 16.5. The molecule has 6 nitrogen and oxygen atoms in total. The van der Waals surface area contributed by atoms with E-state index in [4.69, 9.17) is 4.74 Å². The van der Waals surface area contributed by atoms with E-state index in [0.717, 1.165) is 5.56 Å². The van der Waals surface area contributed by atoms with Gasteiger partial charge in [-0.05, 0) is 50.6 Å². The predicted molar refractivity (Wildman–Crippen MR) is 85.8 cm³/mol. The van der Waals surface area contributed by atoms with Crippen LogP contribution in [0.15, 0.2) is 42.0 Å². The molecule has 22 heavy (non-hydrogen) atoms. The molecule has 0 atom stereocenters. The lowest BCUT2D eigenvalue weighted by molar-refractivity contribution is -0.140. The average Bonchev–Trinajstić information content (AvgIpc) is 2.44. The van der Waals surface area contributed by atoms with Gasteiger partial charge in [0.2, 0.25) is 0 Å². The SMILES string of the molecule is C=CCOc1ccc(/C=N\NC(=O)C(=O)NC(C)(C)C)cc1. The summed E-state index contributed by atoms with van der Waals surface area (Å²) < 4.78 is 5.35. The van der Waals surface area contributed by atoms with E-state index in [0.29, 0.717) is 12.4 Å². The summed E-state index contributed by atoms with van der Waals surface area (Å²) in [6.07, 6.45) is 3.10. The van der Waals surface area contributed by atoms with Crippen LogP contribution in [-0.4, -0.2) is 30.2 Å². The third kappa shape index (κ3) is 6.69. The molecule has 1 rings (SSSR count). The van der Waals surface area contributed by atoms with E-state index in [9.17, 15) is 9.59 Å². The zero-order valence-electron chi connectivity index (χ0n) is 13.1. The molecule has 118 valence electrons. The Bertz CT molecular complexity index is 557. The van der Waals surface area contributed by atoms with Crippen molar-refractivity contribution in [2.24, 2.45) is 5.10 Å². The van der Waals surface area contributed by atoms with Crippen molar-refractivity contribution in [2.45, 2.75) is 26.3 Å². The van der Waals surface area contributed by atoms with Crippen molar-refractivity contribution in [2.75, 3.05) is 6.61 Å². The molecular weight excluding hydrogens is 282 g/mol. The Morgan fingerprint density at radius 1 is 1.23 bits per heavy atom. The standard InChI is InChI=1S/C16H21N3O3/c1-5-10-22-13-8-6-12(7-9-13)11-17-19-15(21)14(20)18-16(2,3)4/h5-9,11H,1,10H2,2-4H3,(H,18,20)(H,19,21)/b17-11-. The first-order valence-corrected chi connectivity index (χ1v) is 6.81. The monoisotopic (exact) mass is 303 g/mol. The minimum absolute atomic E-state index is 0.437. The number of nitrogens with one attached hydrogen (secondary N) is 2. The maximum absolute atomic E-state index is 11.5. The van der Waals surface area contributed by atoms with Crippen molar-refractivity contribution in [1.29, 1.82) is 0 Å². The van der Waals surface area contributed by atoms with Gasteiger partial charge >= 0.3 is 11.8 Å². The van der Waals surface area contributed by atoms with Gasteiger partial charge in [-0.2, -0.15) is 5.10 Å². The molecule has 2 amide bonds. The van der Waals surface area contributed by atoms with Crippen molar-refractivity contribution in [1.82, 2.24) is 10.7 Å². The number of ether oxygens (including phenoxy) is 1. The highest BCUT2D eigenvalue weighted by molar-refractivity contribution is 6.35. The quantitative estimate of drug-likeness (QED) is 0.375. The number of hydrazone groups is 1. The number of rotatable bonds is 5. The maximum Gasteiger partial charge on any atom is 0.329 e. The van der Waals surface area contributed by atoms with Gasteiger partial charge in [0, 0.05) is 5.54 Å². The second-order valence-electron chi connectivity index (χ2n) is 5.57. The Morgan fingerprint density at radius 2 is 1.86 bits per heavy atom. The van der Waals surface area contributed by atoms with Gasteiger partial charge < -0.3 is 10.1 Å². The van der Waals surface area contributed by atoms with E-state index in [1.807, 2.05) is 0 Å². The van der Waals surface area contributed by atoms with Crippen LogP contribution in [0.1, 0.15) is 26.3 Å². The Hall–Kier alpha value is -2.63. The lowest BCUT2D eigenvalue weighted by Crippen LogP contribution is -2.47. The van der Waals surface area contributed by atoms with Crippen molar-refractivity contribution in [3.8, 4) is 5.75 Å². The molecule has 2 N–H and O–H groups in total. The van der Waals surface area contributed by atoms with Crippen molar-refractivity contribution in [3.05, 3.63) is 42.5 Å². The largest absolute Gasteiger partial charge is 0.490 e. The molecule has 1 aromatic carbocycles. The fourth-order valence-electron chi connectivity index (χ4n) is 1.42. The van der Waals surface area contributed by atoms with Gasteiger partial charge in [-0.3, -0.25) is 9.59 Å². The fraction of sp³-hybridized carbons (Fsp3) is 0.312. The van der Waals surface area contributed by atoms with Crippen LogP contribution in [0.5, 0.6) is 5.75 Å². The van der Waals surface area contributed by atoms with Crippen LogP contribution < -0.4 is 15.5 Å². The molecule has 1 aromatic rings. The molecule has 0 aliphatic carbocycles. The molecule has 0 aliphatic rings. The van der Waals surface area contributed by atoms with Crippen molar-refractivity contribution < 1.29 is 14.3 Å². The van der Waals surface area contributed by atoms with Crippen molar-refractivity contribution in [3.63, 3.8) is 0 Å². The van der Waals surface area contributed by atoms with Crippen LogP contribution in [0.2, 0.25) is 0 Å². The average molecular weight is 303 g/mol. The summed E-state index contributed by atoms with van der Waals surface area (Å²) in [5.41, 5.74) is 2.47. The number of hydrogen-bond donors (Lipinski definition) is 2. The first-order valence-electron chi connectivity index (χ1n) is 6.81. The second-order valence-corrected chi connectivity index (χ2v) is 5.57. The number of nitrogens with zero attached hydrogens (tertiary/aromatic N) is 1. The van der Waals surface area contributed by atoms with Gasteiger partial charge in [-0.25, -0.2) is 5.43 Å².